The lowest BCUT2D eigenvalue weighted by atomic mass is 10.1. The predicted molar refractivity (Wildman–Crippen MR) is 95.5 cm³/mol. The van der Waals surface area contributed by atoms with Gasteiger partial charge in [0, 0.05) is 19.0 Å². The van der Waals surface area contributed by atoms with Crippen molar-refractivity contribution in [3.05, 3.63) is 54.1 Å². The van der Waals surface area contributed by atoms with Gasteiger partial charge in [-0.15, -0.1) is 0 Å². The molecule has 0 radical (unpaired) electrons. The van der Waals surface area contributed by atoms with Crippen molar-refractivity contribution in [1.29, 1.82) is 0 Å². The summed E-state index contributed by atoms with van der Waals surface area (Å²) in [4.78, 5) is 10.7. The first-order valence-corrected chi connectivity index (χ1v) is 8.68. The van der Waals surface area contributed by atoms with Gasteiger partial charge in [-0.2, -0.15) is 0 Å². The Morgan fingerprint density at radius 2 is 1.96 bits per heavy atom. The van der Waals surface area contributed by atoms with Crippen molar-refractivity contribution in [3.63, 3.8) is 0 Å². The minimum Gasteiger partial charge on any atom is -0.342 e. The van der Waals surface area contributed by atoms with Crippen molar-refractivity contribution in [2.45, 2.75) is 32.2 Å². The van der Waals surface area contributed by atoms with E-state index in [-0.39, 0.29) is 5.82 Å². The number of imidazole rings is 1. The number of benzene rings is 2. The summed E-state index contributed by atoms with van der Waals surface area (Å²) >= 11 is 0. The SMILES string of the molecule is CC1CCCN1CCc1nc2ccc(-c3ccc(F)cc3)cc2[nH]1. The van der Waals surface area contributed by atoms with E-state index in [0.29, 0.717) is 6.04 Å². The van der Waals surface area contributed by atoms with Crippen LogP contribution in [0.15, 0.2) is 42.5 Å². The van der Waals surface area contributed by atoms with Crippen LogP contribution in [0.5, 0.6) is 0 Å². The van der Waals surface area contributed by atoms with E-state index in [1.807, 2.05) is 24.3 Å². The second-order valence-electron chi connectivity index (χ2n) is 6.70. The Balaban J connectivity index is 1.53. The monoisotopic (exact) mass is 323 g/mol. The molecule has 1 N–H and O–H groups in total. The summed E-state index contributed by atoms with van der Waals surface area (Å²) in [6.07, 6.45) is 3.56. The van der Waals surface area contributed by atoms with Crippen molar-refractivity contribution in [2.75, 3.05) is 13.1 Å². The standard InChI is InChI=1S/C20H22FN3/c1-14-3-2-11-24(14)12-10-20-22-18-9-6-16(13-19(18)23-20)15-4-7-17(21)8-5-15/h4-9,13-14H,2-3,10-12H2,1H3,(H,22,23). The number of halogens is 1. The van der Waals surface area contributed by atoms with E-state index in [1.165, 1.54) is 31.5 Å². The van der Waals surface area contributed by atoms with Crippen LogP contribution in [0.25, 0.3) is 22.2 Å². The first-order chi connectivity index (χ1) is 11.7. The van der Waals surface area contributed by atoms with Gasteiger partial charge in [-0.25, -0.2) is 9.37 Å². The van der Waals surface area contributed by atoms with Crippen LogP contribution in [0, 0.1) is 5.82 Å². The molecule has 2 heterocycles. The van der Waals surface area contributed by atoms with Crippen molar-refractivity contribution in [1.82, 2.24) is 14.9 Å². The van der Waals surface area contributed by atoms with Crippen LogP contribution >= 0.6 is 0 Å². The predicted octanol–water partition coefficient (Wildman–Crippen LogP) is 4.40. The zero-order chi connectivity index (χ0) is 16.5. The molecule has 1 aliphatic rings. The second-order valence-corrected chi connectivity index (χ2v) is 6.70. The maximum absolute atomic E-state index is 13.1. The lowest BCUT2D eigenvalue weighted by molar-refractivity contribution is 0.271. The Hall–Kier alpha value is -2.20. The van der Waals surface area contributed by atoms with E-state index in [9.17, 15) is 4.39 Å². The van der Waals surface area contributed by atoms with Gasteiger partial charge in [0.05, 0.1) is 11.0 Å². The zero-order valence-electron chi connectivity index (χ0n) is 13.9. The third-order valence-electron chi connectivity index (χ3n) is 5.03. The van der Waals surface area contributed by atoms with Gasteiger partial charge in [0.1, 0.15) is 11.6 Å². The molecule has 1 fully saturated rings. The number of rotatable bonds is 4. The molecule has 1 aromatic heterocycles. The summed E-state index contributed by atoms with van der Waals surface area (Å²) in [6.45, 7) is 4.57. The number of H-pyrrole nitrogens is 1. The molecular weight excluding hydrogens is 301 g/mol. The molecule has 0 aliphatic carbocycles. The van der Waals surface area contributed by atoms with Crippen LogP contribution in [0.4, 0.5) is 4.39 Å². The van der Waals surface area contributed by atoms with Gasteiger partial charge in [-0.1, -0.05) is 18.2 Å². The largest absolute Gasteiger partial charge is 0.342 e. The molecule has 1 atom stereocenters. The fourth-order valence-corrected chi connectivity index (χ4v) is 3.58. The number of aromatic amines is 1. The molecule has 1 unspecified atom stereocenters. The van der Waals surface area contributed by atoms with Crippen molar-refractivity contribution >= 4 is 11.0 Å². The molecule has 4 heteroatoms. The van der Waals surface area contributed by atoms with Gasteiger partial charge in [-0.05, 0) is 61.7 Å². The summed E-state index contributed by atoms with van der Waals surface area (Å²) in [6, 6.07) is 13.5. The lowest BCUT2D eigenvalue weighted by Gasteiger charge is -2.19. The molecule has 0 saturated carbocycles. The highest BCUT2D eigenvalue weighted by molar-refractivity contribution is 5.82. The molecule has 3 aromatic rings. The Kier molecular flexibility index (Phi) is 4.07. The lowest BCUT2D eigenvalue weighted by Crippen LogP contribution is -2.29. The number of likely N-dealkylation sites (tertiary alicyclic amines) is 1. The third kappa shape index (κ3) is 3.06. The summed E-state index contributed by atoms with van der Waals surface area (Å²) in [5, 5.41) is 0. The van der Waals surface area contributed by atoms with E-state index < -0.39 is 0 Å². The van der Waals surface area contributed by atoms with Gasteiger partial charge < -0.3 is 9.88 Å². The van der Waals surface area contributed by atoms with E-state index >= 15 is 0 Å². The maximum Gasteiger partial charge on any atom is 0.123 e. The first kappa shape index (κ1) is 15.3. The normalized spacial score (nSPS) is 18.5. The molecule has 0 bridgehead atoms. The molecule has 124 valence electrons. The van der Waals surface area contributed by atoms with E-state index in [1.54, 1.807) is 0 Å². The number of fused-ring (bicyclic) bond motifs is 1. The highest BCUT2D eigenvalue weighted by atomic mass is 19.1. The van der Waals surface area contributed by atoms with Crippen molar-refractivity contribution in [2.24, 2.45) is 0 Å². The molecule has 1 aliphatic heterocycles. The Morgan fingerprint density at radius 1 is 1.17 bits per heavy atom. The molecular formula is C20H22FN3. The number of hydrogen-bond acceptors (Lipinski definition) is 2. The van der Waals surface area contributed by atoms with Gasteiger partial charge >= 0.3 is 0 Å². The molecule has 4 rings (SSSR count). The molecule has 0 spiro atoms. The van der Waals surface area contributed by atoms with Gasteiger partial charge in [0.25, 0.3) is 0 Å². The van der Waals surface area contributed by atoms with E-state index in [2.05, 4.69) is 22.9 Å². The van der Waals surface area contributed by atoms with Crippen molar-refractivity contribution < 1.29 is 4.39 Å². The van der Waals surface area contributed by atoms with Gasteiger partial charge in [0.2, 0.25) is 0 Å². The molecule has 1 saturated heterocycles. The average molecular weight is 323 g/mol. The Labute approximate surface area is 141 Å². The van der Waals surface area contributed by atoms with Gasteiger partial charge in [-0.3, -0.25) is 0 Å². The van der Waals surface area contributed by atoms with Crippen molar-refractivity contribution in [3.8, 4) is 11.1 Å². The second kappa shape index (κ2) is 6.36. The Morgan fingerprint density at radius 3 is 2.71 bits per heavy atom. The number of aromatic nitrogens is 2. The van der Waals surface area contributed by atoms with Crippen LogP contribution < -0.4 is 0 Å². The molecule has 0 amide bonds. The molecule has 3 nitrogen and oxygen atoms in total. The Bertz CT molecular complexity index is 838. The number of hydrogen-bond donors (Lipinski definition) is 1. The fourth-order valence-electron chi connectivity index (χ4n) is 3.58. The zero-order valence-corrected chi connectivity index (χ0v) is 13.9. The molecule has 24 heavy (non-hydrogen) atoms. The third-order valence-corrected chi connectivity index (χ3v) is 5.03. The fraction of sp³-hybridized carbons (Fsp3) is 0.350. The average Bonchev–Trinajstić information content (AvgIpc) is 3.18. The van der Waals surface area contributed by atoms with Crippen LogP contribution in [0.1, 0.15) is 25.6 Å². The quantitative estimate of drug-likeness (QED) is 0.772. The molecule has 2 aromatic carbocycles. The summed E-state index contributed by atoms with van der Waals surface area (Å²) in [5.41, 5.74) is 4.12. The number of nitrogens with one attached hydrogen (secondary N) is 1. The van der Waals surface area contributed by atoms with Crippen LogP contribution in [0.2, 0.25) is 0 Å². The summed E-state index contributed by atoms with van der Waals surface area (Å²) in [5.74, 6) is 0.833. The van der Waals surface area contributed by atoms with E-state index in [4.69, 9.17) is 4.98 Å². The highest BCUT2D eigenvalue weighted by Gasteiger charge is 2.19. The topological polar surface area (TPSA) is 31.9 Å². The van der Waals surface area contributed by atoms with Crippen LogP contribution in [-0.2, 0) is 6.42 Å². The smallest absolute Gasteiger partial charge is 0.123 e. The van der Waals surface area contributed by atoms with Crippen LogP contribution in [-0.4, -0.2) is 34.0 Å². The highest BCUT2D eigenvalue weighted by Crippen LogP contribution is 2.24. The van der Waals surface area contributed by atoms with Crippen LogP contribution in [0.3, 0.4) is 0 Å². The number of nitrogens with zero attached hydrogens (tertiary/aromatic N) is 2. The minimum absolute atomic E-state index is 0.209. The summed E-state index contributed by atoms with van der Waals surface area (Å²) < 4.78 is 13.1. The minimum atomic E-state index is -0.209. The maximum atomic E-state index is 13.1. The van der Waals surface area contributed by atoms with Gasteiger partial charge in [0.15, 0.2) is 0 Å². The first-order valence-electron chi connectivity index (χ1n) is 8.68. The summed E-state index contributed by atoms with van der Waals surface area (Å²) in [7, 11) is 0. The van der Waals surface area contributed by atoms with E-state index in [0.717, 1.165) is 41.0 Å².